The number of hydrogen-bond acceptors (Lipinski definition) is 4. The molecule has 3 rings (SSSR count). The average molecular weight is 399 g/mol. The minimum atomic E-state index is -0.880. The minimum Gasteiger partial charge on any atom is -0.388 e. The van der Waals surface area contributed by atoms with Crippen LogP contribution in [-0.2, 0) is 9.53 Å². The predicted octanol–water partition coefficient (Wildman–Crippen LogP) is 2.13. The molecular weight excluding hydrogens is 375 g/mol. The zero-order chi connectivity index (χ0) is 19.8. The molecule has 0 aliphatic carbocycles. The highest BCUT2D eigenvalue weighted by Gasteiger charge is 2.53. The highest BCUT2D eigenvalue weighted by Crippen LogP contribution is 2.40. The molecule has 1 spiro atoms. The Morgan fingerprint density at radius 1 is 1.33 bits per heavy atom. The Balaban J connectivity index is 1.72. The maximum atomic E-state index is 13.2. The summed E-state index contributed by atoms with van der Waals surface area (Å²) in [6, 6.07) is 3.70. The van der Waals surface area contributed by atoms with Gasteiger partial charge in [-0.25, -0.2) is 4.39 Å². The van der Waals surface area contributed by atoms with Crippen molar-refractivity contribution < 1.29 is 23.8 Å². The maximum absolute atomic E-state index is 13.2. The van der Waals surface area contributed by atoms with Crippen molar-refractivity contribution in [1.82, 2.24) is 10.2 Å². The van der Waals surface area contributed by atoms with Crippen LogP contribution in [0.5, 0.6) is 0 Å². The van der Waals surface area contributed by atoms with Crippen molar-refractivity contribution in [3.63, 3.8) is 0 Å². The van der Waals surface area contributed by atoms with E-state index in [1.807, 2.05) is 6.92 Å². The number of benzene rings is 1. The van der Waals surface area contributed by atoms with Crippen molar-refractivity contribution in [2.75, 3.05) is 19.7 Å². The zero-order valence-electron chi connectivity index (χ0n) is 15.4. The van der Waals surface area contributed by atoms with Gasteiger partial charge in [0.15, 0.2) is 0 Å². The number of nitrogens with zero attached hydrogens (tertiary/aromatic N) is 1. The van der Waals surface area contributed by atoms with Crippen LogP contribution in [0.4, 0.5) is 4.39 Å². The van der Waals surface area contributed by atoms with Crippen molar-refractivity contribution in [2.24, 2.45) is 0 Å². The quantitative estimate of drug-likeness (QED) is 0.800. The molecular formula is C19H24ClFN2O4. The third-order valence-corrected chi connectivity index (χ3v) is 5.95. The molecule has 2 aliphatic heterocycles. The fourth-order valence-electron chi connectivity index (χ4n) is 4.13. The first-order valence-electron chi connectivity index (χ1n) is 9.02. The number of piperidine rings is 1. The molecule has 0 saturated carbocycles. The molecule has 27 heavy (non-hydrogen) atoms. The van der Waals surface area contributed by atoms with Crippen LogP contribution in [0.3, 0.4) is 0 Å². The van der Waals surface area contributed by atoms with Crippen molar-refractivity contribution in [1.29, 1.82) is 0 Å². The Bertz CT molecular complexity index is 751. The number of hydrogen-bond donors (Lipinski definition) is 2. The summed E-state index contributed by atoms with van der Waals surface area (Å²) >= 11 is 6.00. The van der Waals surface area contributed by atoms with Gasteiger partial charge in [-0.05, 0) is 44.4 Å². The smallest absolute Gasteiger partial charge is 0.255 e. The van der Waals surface area contributed by atoms with E-state index in [4.69, 9.17) is 16.3 Å². The van der Waals surface area contributed by atoms with E-state index >= 15 is 0 Å². The van der Waals surface area contributed by atoms with Gasteiger partial charge >= 0.3 is 0 Å². The van der Waals surface area contributed by atoms with Crippen LogP contribution >= 0.6 is 11.6 Å². The summed E-state index contributed by atoms with van der Waals surface area (Å²) in [4.78, 5) is 25.9. The monoisotopic (exact) mass is 398 g/mol. The van der Waals surface area contributed by atoms with Gasteiger partial charge in [0.1, 0.15) is 11.9 Å². The summed E-state index contributed by atoms with van der Waals surface area (Å²) < 4.78 is 19.2. The summed E-state index contributed by atoms with van der Waals surface area (Å²) in [7, 11) is 0. The fraction of sp³-hybridized carbons (Fsp3) is 0.579. The van der Waals surface area contributed by atoms with Crippen LogP contribution in [-0.4, -0.2) is 58.8 Å². The molecule has 8 heteroatoms. The lowest BCUT2D eigenvalue weighted by molar-refractivity contribution is -0.205. The first-order valence-corrected chi connectivity index (χ1v) is 9.40. The molecule has 2 saturated heterocycles. The van der Waals surface area contributed by atoms with Crippen LogP contribution in [0.1, 0.15) is 43.5 Å². The standard InChI is InChI=1S/C19H24ClFN2O4/c1-12(24)22-18(2)7-10-27-19(17(18)26)5-8-23(9-6-19)16(25)14-4-3-13(21)11-15(14)20/h3-4,11,17,26H,5-10H2,1-2H3,(H,22,24)/t17-,18+/m1/s1. The molecule has 1 aromatic carbocycles. The van der Waals surface area contributed by atoms with Crippen LogP contribution in [0, 0.1) is 5.82 Å². The van der Waals surface area contributed by atoms with E-state index in [1.165, 1.54) is 19.1 Å². The Hall–Kier alpha value is -1.70. The van der Waals surface area contributed by atoms with Gasteiger partial charge in [-0.2, -0.15) is 0 Å². The number of ether oxygens (including phenoxy) is 1. The Morgan fingerprint density at radius 2 is 2.00 bits per heavy atom. The van der Waals surface area contributed by atoms with Crippen molar-refractivity contribution in [3.8, 4) is 0 Å². The predicted molar refractivity (Wildman–Crippen MR) is 98.1 cm³/mol. The molecule has 2 fully saturated rings. The molecule has 2 heterocycles. The first-order chi connectivity index (χ1) is 12.7. The number of likely N-dealkylation sites (tertiary alicyclic amines) is 1. The van der Waals surface area contributed by atoms with Crippen LogP contribution in [0.2, 0.25) is 5.02 Å². The number of amides is 2. The summed E-state index contributed by atoms with van der Waals surface area (Å²) in [5.41, 5.74) is -1.32. The summed E-state index contributed by atoms with van der Waals surface area (Å²) in [6.07, 6.45) is 0.514. The van der Waals surface area contributed by atoms with E-state index in [0.29, 0.717) is 39.0 Å². The lowest BCUT2D eigenvalue weighted by Gasteiger charge is -2.53. The second kappa shape index (κ2) is 7.37. The number of halogens is 2. The molecule has 2 atom stereocenters. The van der Waals surface area contributed by atoms with E-state index in [-0.39, 0.29) is 22.4 Å². The van der Waals surface area contributed by atoms with E-state index in [1.54, 1.807) is 4.90 Å². The molecule has 2 N–H and O–H groups in total. The molecule has 148 valence electrons. The lowest BCUT2D eigenvalue weighted by atomic mass is 9.73. The second-order valence-corrected chi connectivity index (χ2v) is 7.99. The molecule has 0 unspecified atom stereocenters. The SMILES string of the molecule is CC(=O)N[C@@]1(C)CCOC2(CCN(C(=O)c3ccc(F)cc3Cl)CC2)[C@@H]1O. The third-order valence-electron chi connectivity index (χ3n) is 5.63. The van der Waals surface area contributed by atoms with Crippen LogP contribution in [0.25, 0.3) is 0 Å². The largest absolute Gasteiger partial charge is 0.388 e. The normalized spacial score (nSPS) is 27.4. The van der Waals surface area contributed by atoms with Crippen molar-refractivity contribution in [3.05, 3.63) is 34.6 Å². The highest BCUT2D eigenvalue weighted by atomic mass is 35.5. The number of aliphatic hydroxyl groups excluding tert-OH is 1. The summed E-state index contributed by atoms with van der Waals surface area (Å²) in [6.45, 7) is 4.41. The first kappa shape index (κ1) is 20.0. The number of aliphatic hydroxyl groups is 1. The number of nitrogens with one attached hydrogen (secondary N) is 1. The van der Waals surface area contributed by atoms with Crippen LogP contribution in [0.15, 0.2) is 18.2 Å². The van der Waals surface area contributed by atoms with Gasteiger partial charge in [0.2, 0.25) is 5.91 Å². The van der Waals surface area contributed by atoms with Crippen LogP contribution < -0.4 is 5.32 Å². The molecule has 2 amide bonds. The second-order valence-electron chi connectivity index (χ2n) is 7.58. The van der Waals surface area contributed by atoms with E-state index < -0.39 is 23.1 Å². The van der Waals surface area contributed by atoms with Gasteiger partial charge in [0.05, 0.1) is 21.7 Å². The minimum absolute atomic E-state index is 0.0764. The van der Waals surface area contributed by atoms with Gasteiger partial charge in [-0.15, -0.1) is 0 Å². The Kier molecular flexibility index (Phi) is 5.47. The highest BCUT2D eigenvalue weighted by molar-refractivity contribution is 6.33. The number of carbonyl (C=O) groups excluding carboxylic acids is 2. The number of carbonyl (C=O) groups is 2. The number of rotatable bonds is 2. The van der Waals surface area contributed by atoms with Gasteiger partial charge in [0, 0.05) is 26.6 Å². The van der Waals surface area contributed by atoms with E-state index in [2.05, 4.69) is 5.32 Å². The average Bonchev–Trinajstić information content (AvgIpc) is 2.59. The van der Waals surface area contributed by atoms with E-state index in [0.717, 1.165) is 6.07 Å². The molecule has 1 aromatic rings. The topological polar surface area (TPSA) is 78.9 Å². The van der Waals surface area contributed by atoms with Gasteiger partial charge < -0.3 is 20.1 Å². The zero-order valence-corrected chi connectivity index (χ0v) is 16.2. The fourth-order valence-corrected chi connectivity index (χ4v) is 4.38. The molecule has 2 aliphatic rings. The van der Waals surface area contributed by atoms with Crippen molar-refractivity contribution >= 4 is 23.4 Å². The maximum Gasteiger partial charge on any atom is 0.255 e. The van der Waals surface area contributed by atoms with Gasteiger partial charge in [-0.1, -0.05) is 11.6 Å². The Morgan fingerprint density at radius 3 is 2.59 bits per heavy atom. The van der Waals surface area contributed by atoms with Crippen molar-refractivity contribution in [2.45, 2.75) is 50.4 Å². The van der Waals surface area contributed by atoms with Gasteiger partial charge in [-0.3, -0.25) is 9.59 Å². The summed E-state index contributed by atoms with van der Waals surface area (Å²) in [5, 5.41) is 13.9. The van der Waals surface area contributed by atoms with E-state index in [9.17, 15) is 19.1 Å². The lowest BCUT2D eigenvalue weighted by Crippen LogP contribution is -2.69. The third kappa shape index (κ3) is 3.81. The molecule has 0 aromatic heterocycles. The summed E-state index contributed by atoms with van der Waals surface area (Å²) in [5.74, 6) is -0.970. The molecule has 0 radical (unpaired) electrons. The molecule has 6 nitrogen and oxygen atoms in total. The molecule has 0 bridgehead atoms. The van der Waals surface area contributed by atoms with Gasteiger partial charge in [0.25, 0.3) is 5.91 Å². The Labute approximate surface area is 162 Å².